The molecule has 0 heterocycles. The van der Waals surface area contributed by atoms with Gasteiger partial charge in [0.25, 0.3) is 0 Å². The molecule has 0 aromatic heterocycles. The first-order valence-electron chi connectivity index (χ1n) is 11.3. The molecule has 4 nitrogen and oxygen atoms in total. The molecule has 1 aliphatic carbocycles. The van der Waals surface area contributed by atoms with Gasteiger partial charge in [-0.3, -0.25) is 9.59 Å². The summed E-state index contributed by atoms with van der Waals surface area (Å²) < 4.78 is 0. The quantitative estimate of drug-likeness (QED) is 0.347. The number of hydrogen-bond acceptors (Lipinski definition) is 3. The number of nitrogens with one attached hydrogen (secondary N) is 1. The number of amides is 2. The average Bonchev–Trinajstić information content (AvgIpc) is 2.80. The first-order valence-corrected chi connectivity index (χ1v) is 14.0. The van der Waals surface area contributed by atoms with Gasteiger partial charge < -0.3 is 10.2 Å². The third kappa shape index (κ3) is 7.69. The van der Waals surface area contributed by atoms with Crippen LogP contribution in [-0.2, 0) is 21.9 Å². The number of carbonyl (C=O) groups is 2. The van der Waals surface area contributed by atoms with Crippen LogP contribution in [0.25, 0.3) is 0 Å². The second-order valence-electron chi connectivity index (χ2n) is 8.47. The van der Waals surface area contributed by atoms with Crippen LogP contribution in [0.3, 0.4) is 0 Å². The first-order chi connectivity index (χ1) is 16.3. The zero-order valence-electron chi connectivity index (χ0n) is 19.0. The van der Waals surface area contributed by atoms with Crippen LogP contribution in [0.2, 0.25) is 20.1 Å². The summed E-state index contributed by atoms with van der Waals surface area (Å²) in [5.41, 5.74) is 1.52. The number of thioether (sulfide) groups is 1. The molecule has 0 radical (unpaired) electrons. The van der Waals surface area contributed by atoms with Gasteiger partial charge in [0.2, 0.25) is 11.8 Å². The van der Waals surface area contributed by atoms with Crippen molar-refractivity contribution >= 4 is 70.0 Å². The predicted molar refractivity (Wildman–Crippen MR) is 144 cm³/mol. The molecule has 1 atom stereocenters. The molecule has 184 valence electrons. The minimum absolute atomic E-state index is 0.149. The molecule has 0 unspecified atom stereocenters. The Morgan fingerprint density at radius 2 is 1.71 bits per heavy atom. The summed E-state index contributed by atoms with van der Waals surface area (Å²) in [6.07, 6.45) is 5.38. The molecule has 2 amide bonds. The van der Waals surface area contributed by atoms with Crippen molar-refractivity contribution < 1.29 is 9.59 Å². The molecule has 1 fully saturated rings. The number of hydrogen-bond donors (Lipinski definition) is 1. The molecule has 2 aromatic carbocycles. The number of rotatable bonds is 9. The summed E-state index contributed by atoms with van der Waals surface area (Å²) in [5.74, 6) is 0.353. The molecule has 3 rings (SSSR count). The lowest BCUT2D eigenvalue weighted by atomic mass is 9.95. The number of carbonyl (C=O) groups excluding carboxylic acids is 2. The van der Waals surface area contributed by atoms with Gasteiger partial charge in [0.15, 0.2) is 0 Å². The molecule has 1 aliphatic rings. The molecule has 0 aliphatic heterocycles. The van der Waals surface area contributed by atoms with E-state index < -0.39 is 6.04 Å². The van der Waals surface area contributed by atoms with E-state index in [9.17, 15) is 9.59 Å². The fraction of sp³-hybridized carbons (Fsp3) is 0.440. The molecular formula is C25H28Cl4N2O2S. The maximum atomic E-state index is 13.3. The second-order valence-corrected chi connectivity index (χ2v) is 11.1. The van der Waals surface area contributed by atoms with E-state index in [1.807, 2.05) is 0 Å². The SMILES string of the molecule is C[C@H](C(=O)NC1CCCCC1)N(Cc1ccc(Cl)cc1Cl)C(=O)CSCc1c(Cl)cccc1Cl. The number of benzene rings is 2. The molecule has 0 saturated heterocycles. The van der Waals surface area contributed by atoms with E-state index in [1.54, 1.807) is 48.2 Å². The van der Waals surface area contributed by atoms with Crippen molar-refractivity contribution in [2.75, 3.05) is 5.75 Å². The van der Waals surface area contributed by atoms with E-state index in [2.05, 4.69) is 5.32 Å². The van der Waals surface area contributed by atoms with Crippen molar-refractivity contribution in [3.63, 3.8) is 0 Å². The predicted octanol–water partition coefficient (Wildman–Crippen LogP) is 7.40. The molecule has 1 saturated carbocycles. The Hall–Kier alpha value is -1.11. The van der Waals surface area contributed by atoms with Crippen LogP contribution in [-0.4, -0.2) is 34.6 Å². The van der Waals surface area contributed by atoms with E-state index in [4.69, 9.17) is 46.4 Å². The molecular weight excluding hydrogens is 534 g/mol. The average molecular weight is 562 g/mol. The monoisotopic (exact) mass is 560 g/mol. The van der Waals surface area contributed by atoms with Crippen LogP contribution in [0.15, 0.2) is 36.4 Å². The van der Waals surface area contributed by atoms with Gasteiger partial charge in [-0.1, -0.05) is 77.8 Å². The smallest absolute Gasteiger partial charge is 0.242 e. The highest BCUT2D eigenvalue weighted by Gasteiger charge is 2.28. The van der Waals surface area contributed by atoms with Gasteiger partial charge in [0.05, 0.1) is 5.75 Å². The van der Waals surface area contributed by atoms with E-state index in [0.717, 1.165) is 36.8 Å². The Labute approximate surface area is 225 Å². The Morgan fingerprint density at radius 1 is 1.03 bits per heavy atom. The lowest BCUT2D eigenvalue weighted by molar-refractivity contribution is -0.139. The van der Waals surface area contributed by atoms with Crippen LogP contribution >= 0.6 is 58.2 Å². The maximum Gasteiger partial charge on any atom is 0.242 e. The third-order valence-corrected chi connectivity index (χ3v) is 8.25. The van der Waals surface area contributed by atoms with E-state index >= 15 is 0 Å². The summed E-state index contributed by atoms with van der Waals surface area (Å²) in [5, 5.41) is 5.24. The molecule has 2 aromatic rings. The normalized spacial score (nSPS) is 15.1. The molecule has 9 heteroatoms. The minimum Gasteiger partial charge on any atom is -0.352 e. The lowest BCUT2D eigenvalue weighted by Gasteiger charge is -2.31. The highest BCUT2D eigenvalue weighted by atomic mass is 35.5. The topological polar surface area (TPSA) is 49.4 Å². The van der Waals surface area contributed by atoms with Crippen molar-refractivity contribution in [2.24, 2.45) is 0 Å². The Morgan fingerprint density at radius 3 is 2.35 bits per heavy atom. The Balaban J connectivity index is 1.71. The zero-order chi connectivity index (χ0) is 24.7. The van der Waals surface area contributed by atoms with Crippen LogP contribution in [0.5, 0.6) is 0 Å². The van der Waals surface area contributed by atoms with Gasteiger partial charge in [0, 0.05) is 38.4 Å². The summed E-state index contributed by atoms with van der Waals surface area (Å²) in [6, 6.07) is 10.0. The van der Waals surface area contributed by atoms with E-state index in [0.29, 0.717) is 25.8 Å². The van der Waals surface area contributed by atoms with Gasteiger partial charge >= 0.3 is 0 Å². The fourth-order valence-electron chi connectivity index (χ4n) is 3.98. The van der Waals surface area contributed by atoms with E-state index in [1.165, 1.54) is 18.2 Å². The summed E-state index contributed by atoms with van der Waals surface area (Å²) in [4.78, 5) is 28.0. The number of nitrogens with zero attached hydrogens (tertiary/aromatic N) is 1. The largest absolute Gasteiger partial charge is 0.352 e. The van der Waals surface area contributed by atoms with Gasteiger partial charge in [-0.2, -0.15) is 0 Å². The summed E-state index contributed by atoms with van der Waals surface area (Å²) in [7, 11) is 0. The molecule has 0 spiro atoms. The second kappa shape index (κ2) is 13.3. The van der Waals surface area contributed by atoms with Crippen molar-refractivity contribution in [1.82, 2.24) is 10.2 Å². The highest BCUT2D eigenvalue weighted by Crippen LogP contribution is 2.29. The van der Waals surface area contributed by atoms with Gasteiger partial charge in [-0.15, -0.1) is 11.8 Å². The van der Waals surface area contributed by atoms with Gasteiger partial charge in [-0.25, -0.2) is 0 Å². The fourth-order valence-corrected chi connectivity index (χ4v) is 6.09. The van der Waals surface area contributed by atoms with Gasteiger partial charge in [0.1, 0.15) is 6.04 Å². The van der Waals surface area contributed by atoms with Crippen LogP contribution in [0.4, 0.5) is 0 Å². The maximum absolute atomic E-state index is 13.3. The summed E-state index contributed by atoms with van der Waals surface area (Å²) in [6.45, 7) is 1.97. The van der Waals surface area contributed by atoms with Crippen molar-refractivity contribution in [3.05, 3.63) is 67.6 Å². The van der Waals surface area contributed by atoms with Crippen molar-refractivity contribution in [3.8, 4) is 0 Å². The van der Waals surface area contributed by atoms with Crippen LogP contribution < -0.4 is 5.32 Å². The Bertz CT molecular complexity index is 994. The summed E-state index contributed by atoms with van der Waals surface area (Å²) >= 11 is 26.3. The third-order valence-electron chi connectivity index (χ3n) is 6.01. The van der Waals surface area contributed by atoms with Gasteiger partial charge in [-0.05, 0) is 55.2 Å². The molecule has 34 heavy (non-hydrogen) atoms. The van der Waals surface area contributed by atoms with Crippen LogP contribution in [0.1, 0.15) is 50.2 Å². The molecule has 0 bridgehead atoms. The van der Waals surface area contributed by atoms with Crippen molar-refractivity contribution in [1.29, 1.82) is 0 Å². The Kier molecular flexibility index (Phi) is 10.7. The first kappa shape index (κ1) is 27.5. The van der Waals surface area contributed by atoms with E-state index in [-0.39, 0.29) is 30.2 Å². The highest BCUT2D eigenvalue weighted by molar-refractivity contribution is 7.99. The standard InChI is InChI=1S/C25H28Cl4N2O2S/c1-16(25(33)30-19-6-3-2-4-7-19)31(13-17-10-11-18(26)12-23(17)29)24(32)15-34-14-20-21(27)8-5-9-22(20)28/h5,8-12,16,19H,2-4,6-7,13-15H2,1H3,(H,30,33)/t16-/m1/s1. The van der Waals surface area contributed by atoms with Crippen LogP contribution in [0, 0.1) is 0 Å². The van der Waals surface area contributed by atoms with Crippen molar-refractivity contribution in [2.45, 2.75) is 63.4 Å². The lowest BCUT2D eigenvalue weighted by Crippen LogP contribution is -2.50. The minimum atomic E-state index is -0.648. The molecule has 1 N–H and O–H groups in total. The number of halogens is 4. The zero-order valence-corrected chi connectivity index (χ0v) is 22.8.